The molecule has 31 heavy (non-hydrogen) atoms. The smallest absolute Gasteiger partial charge is 0.279 e. The quantitative estimate of drug-likeness (QED) is 0.692. The number of rotatable bonds is 3. The van der Waals surface area contributed by atoms with E-state index in [1.807, 2.05) is 48.2 Å². The maximum absolute atomic E-state index is 12.9. The number of hydrogen-bond donors (Lipinski definition) is 0. The maximum atomic E-state index is 12.9. The monoisotopic (exact) mass is 459 g/mol. The highest BCUT2D eigenvalue weighted by Crippen LogP contribution is 2.41. The third-order valence-corrected chi connectivity index (χ3v) is 8.74. The average molecular weight is 460 g/mol. The number of ether oxygens (including phenoxy) is 2. The minimum Gasteiger partial charge on any atom is -0.454 e. The molecule has 162 valence electrons. The van der Waals surface area contributed by atoms with Crippen LogP contribution in [0.25, 0.3) is 0 Å². The number of carbonyl (C=O) groups is 1. The van der Waals surface area contributed by atoms with Crippen LogP contribution in [0.4, 0.5) is 11.4 Å². The molecule has 8 nitrogen and oxygen atoms in total. The van der Waals surface area contributed by atoms with Crippen molar-refractivity contribution in [2.45, 2.75) is 11.3 Å². The molecule has 2 fully saturated rings. The second-order valence-electron chi connectivity index (χ2n) is 7.85. The van der Waals surface area contributed by atoms with Crippen molar-refractivity contribution in [2.75, 3.05) is 42.2 Å². The van der Waals surface area contributed by atoms with E-state index in [4.69, 9.17) is 9.47 Å². The van der Waals surface area contributed by atoms with Crippen molar-refractivity contribution in [3.05, 3.63) is 48.0 Å². The van der Waals surface area contributed by atoms with Gasteiger partial charge in [0, 0.05) is 36.3 Å². The van der Waals surface area contributed by atoms with Gasteiger partial charge in [-0.1, -0.05) is 11.8 Å². The van der Waals surface area contributed by atoms with Gasteiger partial charge in [-0.25, -0.2) is 8.42 Å². The minimum absolute atomic E-state index is 0.0529. The average Bonchev–Trinajstić information content (AvgIpc) is 3.39. The predicted molar refractivity (Wildman–Crippen MR) is 121 cm³/mol. The second-order valence-corrected chi connectivity index (χ2v) is 11.2. The fraction of sp³-hybridized carbons (Fsp3) is 0.333. The van der Waals surface area contributed by atoms with Crippen LogP contribution in [-0.4, -0.2) is 63.2 Å². The molecule has 1 amide bonds. The lowest BCUT2D eigenvalue weighted by Crippen LogP contribution is -2.37. The Bertz CT molecular complexity index is 1180. The Kier molecular flexibility index (Phi) is 4.86. The fourth-order valence-corrected chi connectivity index (χ4v) is 7.87. The molecule has 0 unspecified atom stereocenters. The molecule has 0 spiro atoms. The number of sulfone groups is 1. The van der Waals surface area contributed by atoms with Gasteiger partial charge in [0.05, 0.1) is 17.5 Å². The molecule has 3 aliphatic rings. The van der Waals surface area contributed by atoms with Gasteiger partial charge in [-0.15, -0.1) is 0 Å². The molecule has 0 N–H and O–H groups in total. The Morgan fingerprint density at radius 3 is 2.58 bits per heavy atom. The second kappa shape index (κ2) is 7.45. The molecule has 2 atom stereocenters. The molecule has 2 aromatic rings. The molecule has 0 aromatic heterocycles. The molecule has 0 aliphatic carbocycles. The molecule has 0 saturated carbocycles. The van der Waals surface area contributed by atoms with E-state index < -0.39 is 15.7 Å². The molecule has 0 radical (unpaired) electrons. The number of carbonyl (C=O) groups excluding carboxylic acids is 1. The molecule has 10 heteroatoms. The summed E-state index contributed by atoms with van der Waals surface area (Å²) in [6, 6.07) is 12.5. The van der Waals surface area contributed by atoms with E-state index in [9.17, 15) is 13.2 Å². The Balaban J connectivity index is 1.49. The van der Waals surface area contributed by atoms with Gasteiger partial charge in [0.1, 0.15) is 0 Å². The van der Waals surface area contributed by atoms with Crippen molar-refractivity contribution in [2.24, 2.45) is 4.99 Å². The van der Waals surface area contributed by atoms with E-state index in [-0.39, 0.29) is 29.6 Å². The van der Waals surface area contributed by atoms with Crippen molar-refractivity contribution in [3.8, 4) is 11.5 Å². The van der Waals surface area contributed by atoms with Gasteiger partial charge < -0.3 is 19.3 Å². The first kappa shape index (κ1) is 20.2. The number of benzene rings is 2. The van der Waals surface area contributed by atoms with E-state index in [0.29, 0.717) is 22.2 Å². The number of thioether (sulfide) groups is 1. The van der Waals surface area contributed by atoms with E-state index in [1.54, 1.807) is 18.2 Å². The molecule has 3 aliphatic heterocycles. The summed E-state index contributed by atoms with van der Waals surface area (Å²) in [6.45, 7) is 0.131. The number of nitrogens with zero attached hydrogens (tertiary/aromatic N) is 3. The summed E-state index contributed by atoms with van der Waals surface area (Å²) < 4.78 is 35.1. The molecule has 3 heterocycles. The molecule has 0 bridgehead atoms. The van der Waals surface area contributed by atoms with Crippen LogP contribution in [-0.2, 0) is 9.84 Å². The molecule has 5 rings (SSSR count). The molecular formula is C21H21N3O5S2. The maximum Gasteiger partial charge on any atom is 0.279 e. The summed E-state index contributed by atoms with van der Waals surface area (Å²) in [5, 5.41) is 0.368. The zero-order valence-corrected chi connectivity index (χ0v) is 18.6. The summed E-state index contributed by atoms with van der Waals surface area (Å²) in [5.74, 6) is 0.855. The highest BCUT2D eigenvalue weighted by molar-refractivity contribution is 8.16. The van der Waals surface area contributed by atoms with Gasteiger partial charge in [0.15, 0.2) is 26.5 Å². The van der Waals surface area contributed by atoms with E-state index in [0.717, 1.165) is 11.4 Å². The Morgan fingerprint density at radius 2 is 1.84 bits per heavy atom. The molecule has 2 aromatic carbocycles. The van der Waals surface area contributed by atoms with Gasteiger partial charge >= 0.3 is 0 Å². The standard InChI is InChI=1S/C21H21N3O5S2/c1-23(2)14-4-6-15(7-5-14)24-16-10-31(26,27)11-19(16)30-21(24)22-20(25)13-3-8-17-18(9-13)29-12-28-17/h3-9,16,19H,10-12H2,1-2H3/t16-,19+/m0/s1. The van der Waals surface area contributed by atoms with Gasteiger partial charge in [0.25, 0.3) is 5.91 Å². The van der Waals surface area contributed by atoms with Crippen molar-refractivity contribution >= 4 is 44.0 Å². The number of hydrogen-bond acceptors (Lipinski definition) is 7. The molecule has 2 saturated heterocycles. The van der Waals surface area contributed by atoms with Crippen LogP contribution in [0.3, 0.4) is 0 Å². The van der Waals surface area contributed by atoms with E-state index >= 15 is 0 Å². The van der Waals surface area contributed by atoms with Crippen molar-refractivity contribution in [1.82, 2.24) is 0 Å². The van der Waals surface area contributed by atoms with Gasteiger partial charge in [0.2, 0.25) is 6.79 Å². The first-order valence-corrected chi connectivity index (χ1v) is 12.5. The number of amidine groups is 1. The Hall–Kier alpha value is -2.72. The summed E-state index contributed by atoms with van der Waals surface area (Å²) in [7, 11) is 0.791. The van der Waals surface area contributed by atoms with Crippen LogP contribution in [0, 0.1) is 0 Å². The Labute approximate surface area is 184 Å². The van der Waals surface area contributed by atoms with Crippen molar-refractivity contribution in [1.29, 1.82) is 0 Å². The van der Waals surface area contributed by atoms with Gasteiger partial charge in [-0.2, -0.15) is 4.99 Å². The lowest BCUT2D eigenvalue weighted by Gasteiger charge is -2.25. The first-order valence-electron chi connectivity index (χ1n) is 9.77. The number of fused-ring (bicyclic) bond motifs is 2. The SMILES string of the molecule is CN(C)c1ccc(N2C(=NC(=O)c3ccc4c(c3)OCO4)S[C@@H]3CS(=O)(=O)C[C@@H]32)cc1. The van der Waals surface area contributed by atoms with Crippen molar-refractivity contribution < 1.29 is 22.7 Å². The summed E-state index contributed by atoms with van der Waals surface area (Å²) in [4.78, 5) is 21.2. The zero-order valence-electron chi connectivity index (χ0n) is 17.0. The third kappa shape index (κ3) is 3.74. The normalized spacial score (nSPS) is 24.5. The van der Waals surface area contributed by atoms with Crippen molar-refractivity contribution in [3.63, 3.8) is 0 Å². The van der Waals surface area contributed by atoms with E-state index in [1.165, 1.54) is 11.8 Å². The van der Waals surface area contributed by atoms with Crippen LogP contribution >= 0.6 is 11.8 Å². The van der Waals surface area contributed by atoms with Crippen LogP contribution < -0.4 is 19.3 Å². The van der Waals surface area contributed by atoms with E-state index in [2.05, 4.69) is 4.99 Å². The highest BCUT2D eigenvalue weighted by atomic mass is 32.2. The van der Waals surface area contributed by atoms with Gasteiger partial charge in [-0.05, 0) is 42.5 Å². The largest absolute Gasteiger partial charge is 0.454 e. The first-order chi connectivity index (χ1) is 14.8. The lowest BCUT2D eigenvalue weighted by atomic mass is 10.2. The molecular weight excluding hydrogens is 438 g/mol. The highest BCUT2D eigenvalue weighted by Gasteiger charge is 2.49. The number of anilines is 2. The lowest BCUT2D eigenvalue weighted by molar-refractivity contribution is 0.100. The number of aliphatic imine (C=N–C) groups is 1. The summed E-state index contributed by atoms with van der Waals surface area (Å²) in [6.07, 6.45) is 0. The van der Waals surface area contributed by atoms with Crippen LogP contribution in [0.1, 0.15) is 10.4 Å². The zero-order chi connectivity index (χ0) is 21.8. The van der Waals surface area contributed by atoms with Crippen LogP contribution in [0.2, 0.25) is 0 Å². The summed E-state index contributed by atoms with van der Waals surface area (Å²) in [5.41, 5.74) is 2.24. The summed E-state index contributed by atoms with van der Waals surface area (Å²) >= 11 is 1.36. The topological polar surface area (TPSA) is 88.5 Å². The third-order valence-electron chi connectivity index (χ3n) is 5.53. The number of amides is 1. The van der Waals surface area contributed by atoms with Gasteiger partial charge in [-0.3, -0.25) is 4.79 Å². The predicted octanol–water partition coefficient (Wildman–Crippen LogP) is 2.40. The minimum atomic E-state index is -3.12. The fourth-order valence-electron chi connectivity index (χ4n) is 3.96. The van der Waals surface area contributed by atoms with Crippen LogP contribution in [0.5, 0.6) is 11.5 Å². The Morgan fingerprint density at radius 1 is 1.10 bits per heavy atom. The van der Waals surface area contributed by atoms with Crippen LogP contribution in [0.15, 0.2) is 47.5 Å².